The van der Waals surface area contributed by atoms with E-state index in [0.29, 0.717) is 0 Å². The Morgan fingerprint density at radius 1 is 1.26 bits per heavy atom. The number of aromatic nitrogens is 3. The molecule has 23 heavy (non-hydrogen) atoms. The molecule has 1 aliphatic heterocycles. The lowest BCUT2D eigenvalue weighted by Crippen LogP contribution is -2.38. The van der Waals surface area contributed by atoms with E-state index >= 15 is 0 Å². The number of hydrogen-bond donors (Lipinski definition) is 0. The van der Waals surface area contributed by atoms with Crippen LogP contribution in [0.25, 0.3) is 0 Å². The van der Waals surface area contributed by atoms with Gasteiger partial charge in [-0.25, -0.2) is 0 Å². The van der Waals surface area contributed by atoms with Crippen molar-refractivity contribution in [2.45, 2.75) is 44.6 Å². The lowest BCUT2D eigenvalue weighted by atomic mass is 10.4. The Hall–Kier alpha value is -1.28. The molecule has 2 rings (SSSR count). The summed E-state index contributed by atoms with van der Waals surface area (Å²) in [5, 5.41) is 9.31. The number of amides is 1. The van der Waals surface area contributed by atoms with Gasteiger partial charge in [-0.05, 0) is 27.7 Å². The zero-order valence-corrected chi connectivity index (χ0v) is 15.3. The predicted molar refractivity (Wildman–Crippen MR) is 92.0 cm³/mol. The summed E-state index contributed by atoms with van der Waals surface area (Å²) in [6.07, 6.45) is 0. The second kappa shape index (κ2) is 8.54. The van der Waals surface area contributed by atoms with E-state index in [2.05, 4.69) is 26.6 Å². The molecule has 0 saturated carbocycles. The van der Waals surface area contributed by atoms with Crippen LogP contribution in [0.3, 0.4) is 0 Å². The van der Waals surface area contributed by atoms with E-state index in [1.807, 2.05) is 25.7 Å². The van der Waals surface area contributed by atoms with Gasteiger partial charge in [-0.15, -0.1) is 10.2 Å². The van der Waals surface area contributed by atoms with Crippen molar-refractivity contribution in [3.05, 3.63) is 0 Å². The molecule has 0 aliphatic carbocycles. The van der Waals surface area contributed by atoms with Crippen LogP contribution in [0.5, 0.6) is 0 Å². The molecule has 1 saturated heterocycles. The molecule has 0 aromatic carbocycles. The summed E-state index contributed by atoms with van der Waals surface area (Å²) in [5.74, 6) is 1.03. The molecule has 0 spiro atoms. The van der Waals surface area contributed by atoms with Crippen LogP contribution in [0.15, 0.2) is 5.16 Å². The first-order chi connectivity index (χ1) is 11.1. The highest BCUT2D eigenvalue weighted by molar-refractivity contribution is 8.00. The normalized spacial score (nSPS) is 16.4. The van der Waals surface area contributed by atoms with Crippen LogP contribution in [0.1, 0.15) is 27.7 Å². The molecular weight excluding hydrogens is 314 g/mol. The van der Waals surface area contributed by atoms with Crippen LogP contribution >= 0.6 is 11.8 Å². The molecule has 1 amide bonds. The van der Waals surface area contributed by atoms with Crippen molar-refractivity contribution < 1.29 is 9.53 Å². The van der Waals surface area contributed by atoms with E-state index < -0.39 is 0 Å². The maximum absolute atomic E-state index is 12.4. The highest BCUT2D eigenvalue weighted by Crippen LogP contribution is 2.26. The molecule has 0 bridgehead atoms. The predicted octanol–water partition coefficient (Wildman–Crippen LogP) is 1.48. The minimum atomic E-state index is -0.165. The number of morpholine rings is 1. The van der Waals surface area contributed by atoms with Crippen LogP contribution in [0, 0.1) is 0 Å². The van der Waals surface area contributed by atoms with Crippen molar-refractivity contribution in [2.75, 3.05) is 44.3 Å². The van der Waals surface area contributed by atoms with Gasteiger partial charge >= 0.3 is 0 Å². The summed E-state index contributed by atoms with van der Waals surface area (Å²) in [6, 6.07) is 0. The van der Waals surface area contributed by atoms with Gasteiger partial charge in [0.1, 0.15) is 0 Å². The summed E-state index contributed by atoms with van der Waals surface area (Å²) >= 11 is 1.49. The van der Waals surface area contributed by atoms with Crippen molar-refractivity contribution in [3.8, 4) is 0 Å². The van der Waals surface area contributed by atoms with E-state index in [0.717, 1.165) is 57.0 Å². The topological polar surface area (TPSA) is 63.5 Å². The Labute approximate surface area is 142 Å². The van der Waals surface area contributed by atoms with Crippen molar-refractivity contribution in [2.24, 2.45) is 0 Å². The molecule has 130 valence electrons. The van der Waals surface area contributed by atoms with Gasteiger partial charge in [-0.1, -0.05) is 11.8 Å². The average molecular weight is 341 g/mol. The van der Waals surface area contributed by atoms with E-state index in [1.165, 1.54) is 11.8 Å². The lowest BCUT2D eigenvalue weighted by molar-refractivity contribution is -0.129. The number of nitrogens with zero attached hydrogens (tertiary/aromatic N) is 5. The number of hydrogen-bond acceptors (Lipinski definition) is 6. The second-order valence-corrected chi connectivity index (χ2v) is 6.70. The van der Waals surface area contributed by atoms with Gasteiger partial charge in [0.15, 0.2) is 5.16 Å². The number of anilines is 1. The molecule has 7 nitrogen and oxygen atoms in total. The van der Waals surface area contributed by atoms with E-state index in [9.17, 15) is 4.79 Å². The highest BCUT2D eigenvalue weighted by atomic mass is 32.2. The van der Waals surface area contributed by atoms with Gasteiger partial charge in [0.2, 0.25) is 11.9 Å². The first-order valence-electron chi connectivity index (χ1n) is 8.33. The molecule has 1 aromatic heterocycles. The Balaban J connectivity index is 2.10. The Kier molecular flexibility index (Phi) is 6.71. The summed E-state index contributed by atoms with van der Waals surface area (Å²) in [6.45, 7) is 13.4. The van der Waals surface area contributed by atoms with Gasteiger partial charge in [-0.2, -0.15) is 0 Å². The molecule has 1 fully saturated rings. The smallest absolute Gasteiger partial charge is 0.235 e. The van der Waals surface area contributed by atoms with Gasteiger partial charge in [0.05, 0.1) is 18.5 Å². The molecule has 0 N–H and O–H groups in total. The molecule has 0 radical (unpaired) electrons. The largest absolute Gasteiger partial charge is 0.378 e. The maximum Gasteiger partial charge on any atom is 0.235 e. The minimum absolute atomic E-state index is 0.151. The molecule has 1 atom stereocenters. The van der Waals surface area contributed by atoms with Crippen LogP contribution in [-0.2, 0) is 16.1 Å². The van der Waals surface area contributed by atoms with Crippen molar-refractivity contribution in [1.82, 2.24) is 19.7 Å². The van der Waals surface area contributed by atoms with Crippen LogP contribution < -0.4 is 4.90 Å². The summed E-state index contributed by atoms with van der Waals surface area (Å²) in [5.41, 5.74) is 0. The zero-order chi connectivity index (χ0) is 16.8. The fourth-order valence-electron chi connectivity index (χ4n) is 2.64. The van der Waals surface area contributed by atoms with Crippen molar-refractivity contribution in [1.29, 1.82) is 0 Å². The standard InChI is InChI=1S/C15H27N5O2S/c1-5-18(6-2)13(21)12(4)23-15-17-16-14(20(15)7-3)19-8-10-22-11-9-19/h12H,5-11H2,1-4H3. The SMILES string of the molecule is CCN(CC)C(=O)C(C)Sc1nnc(N2CCOCC2)n1CC. The summed E-state index contributed by atoms with van der Waals surface area (Å²) < 4.78 is 7.48. The quantitative estimate of drug-likeness (QED) is 0.700. The van der Waals surface area contributed by atoms with E-state index in [4.69, 9.17) is 4.74 Å². The number of carbonyl (C=O) groups is 1. The number of thioether (sulfide) groups is 1. The molecule has 1 aromatic rings. The third-order valence-electron chi connectivity index (χ3n) is 4.01. The van der Waals surface area contributed by atoms with Crippen LogP contribution in [-0.4, -0.2) is 70.2 Å². The first kappa shape index (κ1) is 18.1. The van der Waals surface area contributed by atoms with Crippen molar-refractivity contribution in [3.63, 3.8) is 0 Å². The molecule has 1 unspecified atom stereocenters. The third-order valence-corrected chi connectivity index (χ3v) is 5.08. The third kappa shape index (κ3) is 4.17. The van der Waals surface area contributed by atoms with Gasteiger partial charge in [0.25, 0.3) is 0 Å². The fourth-order valence-corrected chi connectivity index (χ4v) is 3.64. The van der Waals surface area contributed by atoms with Crippen LogP contribution in [0.4, 0.5) is 5.95 Å². The highest BCUT2D eigenvalue weighted by Gasteiger charge is 2.24. The molecular formula is C15H27N5O2S. The number of rotatable bonds is 7. The van der Waals surface area contributed by atoms with Crippen LogP contribution in [0.2, 0.25) is 0 Å². The second-order valence-electron chi connectivity index (χ2n) is 5.40. The zero-order valence-electron chi connectivity index (χ0n) is 14.5. The Morgan fingerprint density at radius 2 is 1.91 bits per heavy atom. The lowest BCUT2D eigenvalue weighted by Gasteiger charge is -2.27. The average Bonchev–Trinajstić information content (AvgIpc) is 2.99. The van der Waals surface area contributed by atoms with Gasteiger partial charge < -0.3 is 14.5 Å². The molecule has 2 heterocycles. The molecule has 1 aliphatic rings. The van der Waals surface area contributed by atoms with Crippen molar-refractivity contribution >= 4 is 23.6 Å². The Bertz CT molecular complexity index is 512. The van der Waals surface area contributed by atoms with Gasteiger partial charge in [0, 0.05) is 32.7 Å². The fraction of sp³-hybridized carbons (Fsp3) is 0.800. The number of ether oxygens (including phenoxy) is 1. The van der Waals surface area contributed by atoms with E-state index in [1.54, 1.807) is 0 Å². The molecule has 8 heteroatoms. The summed E-state index contributed by atoms with van der Waals surface area (Å²) in [4.78, 5) is 16.5. The Morgan fingerprint density at radius 3 is 2.48 bits per heavy atom. The van der Waals surface area contributed by atoms with Gasteiger partial charge in [-0.3, -0.25) is 9.36 Å². The summed E-state index contributed by atoms with van der Waals surface area (Å²) in [7, 11) is 0. The maximum atomic E-state index is 12.4. The van der Waals surface area contributed by atoms with E-state index in [-0.39, 0.29) is 11.2 Å². The minimum Gasteiger partial charge on any atom is -0.378 e. The first-order valence-corrected chi connectivity index (χ1v) is 9.21. The number of carbonyl (C=O) groups excluding carboxylic acids is 1. The monoisotopic (exact) mass is 341 g/mol.